The number of rotatable bonds is 4. The van der Waals surface area contributed by atoms with Gasteiger partial charge in [-0.05, 0) is 38.5 Å². The Hall–Kier alpha value is -0.520. The maximum absolute atomic E-state index is 11.5. The second-order valence-corrected chi connectivity index (χ2v) is 9.76. The normalized spacial score (nSPS) is 17.8. The molecule has 6 nitrogen and oxygen atoms in total. The van der Waals surface area contributed by atoms with Crippen LogP contribution in [-0.4, -0.2) is 49.4 Å². The van der Waals surface area contributed by atoms with Crippen molar-refractivity contribution >= 4 is 51.7 Å². The molecule has 142 valence electrons. The number of thioether (sulfide) groups is 1. The molecule has 0 saturated carbocycles. The highest BCUT2D eigenvalue weighted by Gasteiger charge is 2.28. The number of guanidine groups is 1. The second kappa shape index (κ2) is 9.43. The maximum Gasteiger partial charge on any atom is 0.238 e. The summed E-state index contributed by atoms with van der Waals surface area (Å²) < 4.78 is 23.1. The van der Waals surface area contributed by atoms with Crippen molar-refractivity contribution in [3.63, 3.8) is 0 Å². The molecule has 0 atom stereocenters. The fourth-order valence-electron chi connectivity index (χ4n) is 2.61. The van der Waals surface area contributed by atoms with Crippen LogP contribution in [0.4, 0.5) is 0 Å². The summed E-state index contributed by atoms with van der Waals surface area (Å²) in [5.74, 6) is 1.94. The van der Waals surface area contributed by atoms with Crippen molar-refractivity contribution in [2.24, 2.45) is 10.1 Å². The first-order chi connectivity index (χ1) is 11.2. The zero-order chi connectivity index (χ0) is 17.8. The summed E-state index contributed by atoms with van der Waals surface area (Å²) in [6.07, 6.45) is 0. The van der Waals surface area contributed by atoms with Crippen molar-refractivity contribution in [1.82, 2.24) is 10.2 Å². The minimum atomic E-state index is -3.69. The fraction of sp³-hybridized carbons (Fsp3) is 0.562. The van der Waals surface area contributed by atoms with Gasteiger partial charge >= 0.3 is 0 Å². The lowest BCUT2D eigenvalue weighted by molar-refractivity contribution is 0.376. The number of nitrogens with zero attached hydrogens (tertiary/aromatic N) is 2. The van der Waals surface area contributed by atoms with E-state index in [1.807, 2.05) is 24.8 Å². The maximum atomic E-state index is 11.5. The van der Waals surface area contributed by atoms with Gasteiger partial charge in [0.05, 0.1) is 11.4 Å². The van der Waals surface area contributed by atoms with Gasteiger partial charge < -0.3 is 10.2 Å². The average molecular weight is 498 g/mol. The van der Waals surface area contributed by atoms with Crippen LogP contribution >= 0.6 is 35.7 Å². The molecule has 1 heterocycles. The number of benzene rings is 1. The van der Waals surface area contributed by atoms with Crippen LogP contribution in [0.25, 0.3) is 0 Å². The Morgan fingerprint density at radius 1 is 1.44 bits per heavy atom. The SMILES string of the molecule is CCNC(=NCc1cccc(S(N)(=O)=O)c1)N1CCSC(C)(C)C1.I. The molecule has 1 saturated heterocycles. The number of primary sulfonamides is 1. The van der Waals surface area contributed by atoms with Gasteiger partial charge in [0.15, 0.2) is 5.96 Å². The van der Waals surface area contributed by atoms with Crippen LogP contribution in [-0.2, 0) is 16.6 Å². The Morgan fingerprint density at radius 2 is 2.16 bits per heavy atom. The van der Waals surface area contributed by atoms with E-state index in [0.29, 0.717) is 6.54 Å². The smallest absolute Gasteiger partial charge is 0.238 e. The van der Waals surface area contributed by atoms with E-state index in [4.69, 9.17) is 5.14 Å². The largest absolute Gasteiger partial charge is 0.357 e. The molecule has 3 N–H and O–H groups in total. The van der Waals surface area contributed by atoms with Crippen LogP contribution in [0.1, 0.15) is 26.3 Å². The van der Waals surface area contributed by atoms with E-state index in [2.05, 4.69) is 29.1 Å². The number of nitrogens with two attached hydrogens (primary N) is 1. The number of halogens is 1. The molecule has 9 heteroatoms. The molecule has 1 aliphatic rings. The second-order valence-electron chi connectivity index (χ2n) is 6.39. The Kier molecular flexibility index (Phi) is 8.49. The Bertz CT molecular complexity index is 708. The molecule has 0 aliphatic carbocycles. The van der Waals surface area contributed by atoms with Gasteiger partial charge in [0, 0.05) is 30.1 Å². The van der Waals surface area contributed by atoms with E-state index in [-0.39, 0.29) is 33.6 Å². The Balaban J connectivity index is 0.00000312. The Morgan fingerprint density at radius 3 is 2.76 bits per heavy atom. The van der Waals surface area contributed by atoms with Crippen molar-refractivity contribution in [1.29, 1.82) is 0 Å². The number of aliphatic imine (C=N–C) groups is 1. The molecule has 1 aromatic rings. The highest BCUT2D eigenvalue weighted by Crippen LogP contribution is 2.29. The topological polar surface area (TPSA) is 87.8 Å². The molecule has 1 fully saturated rings. The lowest BCUT2D eigenvalue weighted by Crippen LogP contribution is -2.50. The van der Waals surface area contributed by atoms with Gasteiger partial charge in [0.2, 0.25) is 10.0 Å². The van der Waals surface area contributed by atoms with E-state index in [9.17, 15) is 8.42 Å². The molecule has 0 unspecified atom stereocenters. The van der Waals surface area contributed by atoms with Crippen LogP contribution in [0.3, 0.4) is 0 Å². The summed E-state index contributed by atoms with van der Waals surface area (Å²) in [5, 5.41) is 8.52. The first-order valence-electron chi connectivity index (χ1n) is 8.00. The lowest BCUT2D eigenvalue weighted by Gasteiger charge is -2.39. The van der Waals surface area contributed by atoms with E-state index in [0.717, 1.165) is 36.9 Å². The predicted octanol–water partition coefficient (Wildman–Crippen LogP) is 2.24. The first-order valence-corrected chi connectivity index (χ1v) is 10.5. The number of sulfonamides is 1. The Labute approximate surface area is 172 Å². The molecule has 0 aromatic heterocycles. The molecule has 0 bridgehead atoms. The summed E-state index contributed by atoms with van der Waals surface area (Å²) in [7, 11) is -3.69. The summed E-state index contributed by atoms with van der Waals surface area (Å²) in [6.45, 7) is 9.61. The third kappa shape index (κ3) is 6.95. The summed E-state index contributed by atoms with van der Waals surface area (Å²) in [5.41, 5.74) is 0.822. The predicted molar refractivity (Wildman–Crippen MR) is 116 cm³/mol. The summed E-state index contributed by atoms with van der Waals surface area (Å²) >= 11 is 1.97. The summed E-state index contributed by atoms with van der Waals surface area (Å²) in [4.78, 5) is 7.07. The van der Waals surface area contributed by atoms with Crippen LogP contribution in [0.15, 0.2) is 34.2 Å². The molecule has 25 heavy (non-hydrogen) atoms. The number of hydrogen-bond acceptors (Lipinski definition) is 4. The molecule has 0 spiro atoms. The van der Waals surface area contributed by atoms with Crippen molar-refractivity contribution < 1.29 is 8.42 Å². The lowest BCUT2D eigenvalue weighted by atomic mass is 10.2. The zero-order valence-corrected chi connectivity index (χ0v) is 18.8. The average Bonchev–Trinajstić information content (AvgIpc) is 2.50. The van der Waals surface area contributed by atoms with Crippen LogP contribution in [0.5, 0.6) is 0 Å². The molecular formula is C16H27IN4O2S2. The van der Waals surface area contributed by atoms with Gasteiger partial charge in [-0.3, -0.25) is 0 Å². The molecule has 1 aliphatic heterocycles. The van der Waals surface area contributed by atoms with Gasteiger partial charge in [-0.2, -0.15) is 11.8 Å². The first kappa shape index (κ1) is 22.5. The molecular weight excluding hydrogens is 471 g/mol. The third-order valence-electron chi connectivity index (χ3n) is 3.70. The quantitative estimate of drug-likeness (QED) is 0.378. The van der Waals surface area contributed by atoms with Crippen LogP contribution < -0.4 is 10.5 Å². The van der Waals surface area contributed by atoms with E-state index in [1.54, 1.807) is 12.1 Å². The number of nitrogens with one attached hydrogen (secondary N) is 1. The molecule has 1 aromatic carbocycles. The summed E-state index contributed by atoms with van der Waals surface area (Å²) in [6, 6.07) is 6.63. The highest BCUT2D eigenvalue weighted by molar-refractivity contribution is 14.0. The van der Waals surface area contributed by atoms with Crippen molar-refractivity contribution in [3.8, 4) is 0 Å². The van der Waals surface area contributed by atoms with Gasteiger partial charge in [0.25, 0.3) is 0 Å². The molecule has 2 rings (SSSR count). The monoisotopic (exact) mass is 498 g/mol. The highest BCUT2D eigenvalue weighted by atomic mass is 127. The van der Waals surface area contributed by atoms with Gasteiger partial charge in [-0.1, -0.05) is 12.1 Å². The van der Waals surface area contributed by atoms with Crippen LogP contribution in [0, 0.1) is 0 Å². The fourth-order valence-corrected chi connectivity index (χ4v) is 4.31. The minimum absolute atomic E-state index is 0. The minimum Gasteiger partial charge on any atom is -0.357 e. The van der Waals surface area contributed by atoms with E-state index >= 15 is 0 Å². The van der Waals surface area contributed by atoms with E-state index < -0.39 is 10.0 Å². The van der Waals surface area contributed by atoms with Gasteiger partial charge in [0.1, 0.15) is 0 Å². The zero-order valence-electron chi connectivity index (χ0n) is 14.9. The van der Waals surface area contributed by atoms with Crippen LogP contribution in [0.2, 0.25) is 0 Å². The third-order valence-corrected chi connectivity index (χ3v) is 5.91. The van der Waals surface area contributed by atoms with Crippen molar-refractivity contribution in [2.75, 3.05) is 25.4 Å². The molecule has 0 amide bonds. The van der Waals surface area contributed by atoms with Gasteiger partial charge in [-0.15, -0.1) is 24.0 Å². The van der Waals surface area contributed by atoms with Crippen molar-refractivity contribution in [3.05, 3.63) is 29.8 Å². The van der Waals surface area contributed by atoms with E-state index in [1.165, 1.54) is 6.07 Å². The number of hydrogen-bond donors (Lipinski definition) is 2. The molecule has 0 radical (unpaired) electrons. The van der Waals surface area contributed by atoms with Gasteiger partial charge in [-0.25, -0.2) is 18.5 Å². The van der Waals surface area contributed by atoms with Crippen molar-refractivity contribution in [2.45, 2.75) is 37.0 Å². The standard InChI is InChI=1S/C16H26N4O2S2.HI/c1-4-18-15(20-8-9-23-16(2,3)12-20)19-11-13-6-5-7-14(10-13)24(17,21)22;/h5-7,10H,4,8-9,11-12H2,1-3H3,(H,18,19)(H2,17,21,22);1H.